The summed E-state index contributed by atoms with van der Waals surface area (Å²) in [4.78, 5) is 4.16. The quantitative estimate of drug-likeness (QED) is 0.120. The molecule has 0 fully saturated rings. The van der Waals surface area contributed by atoms with Crippen LogP contribution >= 0.6 is 0 Å². The Morgan fingerprint density at radius 3 is 1.84 bits per heavy atom. The van der Waals surface area contributed by atoms with E-state index in [1.165, 1.54) is 75.3 Å². The van der Waals surface area contributed by atoms with E-state index in [9.17, 15) is 0 Å². The van der Waals surface area contributed by atoms with Gasteiger partial charge in [-0.05, 0) is 75.6 Å². The number of ether oxygens (including phenoxy) is 2. The third-order valence-corrected chi connectivity index (χ3v) is 6.85. The van der Waals surface area contributed by atoms with Crippen LogP contribution < -0.4 is 10.3 Å². The first kappa shape index (κ1) is 31.4. The van der Waals surface area contributed by atoms with Gasteiger partial charge < -0.3 is 15.2 Å². The van der Waals surface area contributed by atoms with Gasteiger partial charge in [0.25, 0.3) is 0 Å². The minimum absolute atomic E-state index is 0.810. The van der Waals surface area contributed by atoms with Crippen molar-refractivity contribution in [2.24, 2.45) is 5.73 Å². The summed E-state index contributed by atoms with van der Waals surface area (Å²) in [5, 5.41) is 0. The second-order valence-electron chi connectivity index (χ2n) is 10.3. The normalized spacial score (nSPS) is 11.3. The number of pyridine rings is 2. The highest BCUT2D eigenvalue weighted by Crippen LogP contribution is 2.09. The summed E-state index contributed by atoms with van der Waals surface area (Å²) in [5.74, 6) is 0. The maximum absolute atomic E-state index is 5.79. The van der Waals surface area contributed by atoms with Gasteiger partial charge in [0.2, 0.25) is 0 Å². The topological polar surface area (TPSA) is 61.2 Å². The van der Waals surface area contributed by atoms with Crippen molar-refractivity contribution >= 4 is 0 Å². The number of aryl methyl sites for hydroxylation is 3. The standard InChI is InChI=1S/C32H54N3O2/c33-21-9-5-8-12-26-37-28-16-20-32-18-14-24-35(30-32)23-10-6-3-1-2-4-7-11-25-36-27-15-19-31-17-13-22-34-29-31/h13-14,17-18,22,24,29-30H,1-12,15-16,19-21,23,25-28,33H2/q+1. The summed E-state index contributed by atoms with van der Waals surface area (Å²) in [5.41, 5.74) is 8.25. The van der Waals surface area contributed by atoms with Crippen molar-refractivity contribution in [2.45, 2.75) is 109 Å². The van der Waals surface area contributed by atoms with Crippen LogP contribution in [0.2, 0.25) is 0 Å². The zero-order chi connectivity index (χ0) is 26.1. The van der Waals surface area contributed by atoms with E-state index in [0.717, 1.165) is 78.0 Å². The summed E-state index contributed by atoms with van der Waals surface area (Å²) in [6.45, 7) is 5.47. The van der Waals surface area contributed by atoms with Crippen LogP contribution in [0.5, 0.6) is 0 Å². The Morgan fingerprint density at radius 1 is 0.622 bits per heavy atom. The average Bonchev–Trinajstić information content (AvgIpc) is 2.93. The third-order valence-electron chi connectivity index (χ3n) is 6.85. The van der Waals surface area contributed by atoms with E-state index in [1.54, 1.807) is 0 Å². The van der Waals surface area contributed by atoms with Crippen LogP contribution in [0.25, 0.3) is 0 Å². The molecule has 0 atom stereocenters. The van der Waals surface area contributed by atoms with Gasteiger partial charge in [-0.2, -0.15) is 0 Å². The number of hydrogen-bond acceptors (Lipinski definition) is 4. The number of rotatable bonds is 25. The van der Waals surface area contributed by atoms with E-state index in [1.807, 2.05) is 18.5 Å². The number of aromatic nitrogens is 2. The van der Waals surface area contributed by atoms with Crippen molar-refractivity contribution in [2.75, 3.05) is 33.0 Å². The SMILES string of the molecule is NCCCCCCOCCCc1ccc[n+](CCCCCCCCCCOCCCc2cccnc2)c1. The average molecular weight is 513 g/mol. The molecule has 2 aromatic heterocycles. The second-order valence-corrected chi connectivity index (χ2v) is 10.3. The highest BCUT2D eigenvalue weighted by atomic mass is 16.5. The first-order chi connectivity index (χ1) is 18.4. The number of hydrogen-bond donors (Lipinski definition) is 1. The Bertz CT molecular complexity index is 757. The zero-order valence-corrected chi connectivity index (χ0v) is 23.5. The van der Waals surface area contributed by atoms with Gasteiger partial charge in [0.15, 0.2) is 12.4 Å². The maximum Gasteiger partial charge on any atom is 0.171 e. The van der Waals surface area contributed by atoms with E-state index in [2.05, 4.69) is 40.1 Å². The summed E-state index contributed by atoms with van der Waals surface area (Å²) in [6, 6.07) is 8.58. The zero-order valence-electron chi connectivity index (χ0n) is 23.5. The van der Waals surface area contributed by atoms with E-state index >= 15 is 0 Å². The molecule has 2 rings (SSSR count). The van der Waals surface area contributed by atoms with E-state index in [-0.39, 0.29) is 0 Å². The molecule has 0 aliphatic rings. The molecule has 0 unspecified atom stereocenters. The predicted octanol–water partition coefficient (Wildman–Crippen LogP) is 6.61. The van der Waals surface area contributed by atoms with Gasteiger partial charge in [-0.25, -0.2) is 4.57 Å². The molecule has 208 valence electrons. The molecule has 2 heterocycles. The van der Waals surface area contributed by atoms with Gasteiger partial charge in [0, 0.05) is 56.9 Å². The Labute approximate surface area is 227 Å². The molecule has 2 N–H and O–H groups in total. The Kier molecular flexibility index (Phi) is 19.8. The van der Waals surface area contributed by atoms with E-state index in [4.69, 9.17) is 15.2 Å². The Hall–Kier alpha value is -1.82. The van der Waals surface area contributed by atoms with Crippen molar-refractivity contribution in [1.29, 1.82) is 0 Å². The van der Waals surface area contributed by atoms with Crippen LogP contribution in [0.3, 0.4) is 0 Å². The van der Waals surface area contributed by atoms with Crippen LogP contribution in [0.4, 0.5) is 0 Å². The van der Waals surface area contributed by atoms with Crippen molar-refractivity contribution in [3.63, 3.8) is 0 Å². The Morgan fingerprint density at radius 2 is 1.19 bits per heavy atom. The molecule has 0 saturated heterocycles. The van der Waals surface area contributed by atoms with Gasteiger partial charge >= 0.3 is 0 Å². The molecular formula is C32H54N3O2+. The van der Waals surface area contributed by atoms with Crippen molar-refractivity contribution < 1.29 is 14.0 Å². The Balaban J connectivity index is 1.34. The van der Waals surface area contributed by atoms with Crippen LogP contribution in [-0.2, 0) is 28.9 Å². The van der Waals surface area contributed by atoms with Crippen LogP contribution in [0, 0.1) is 0 Å². The largest absolute Gasteiger partial charge is 0.381 e. The van der Waals surface area contributed by atoms with Crippen LogP contribution in [-0.4, -0.2) is 38.0 Å². The molecule has 0 aliphatic carbocycles. The molecular weight excluding hydrogens is 458 g/mol. The van der Waals surface area contributed by atoms with Gasteiger partial charge in [-0.15, -0.1) is 0 Å². The van der Waals surface area contributed by atoms with E-state index in [0.29, 0.717) is 0 Å². The van der Waals surface area contributed by atoms with Gasteiger partial charge in [0.1, 0.15) is 6.54 Å². The first-order valence-electron chi connectivity index (χ1n) is 15.1. The fraction of sp³-hybridized carbons (Fsp3) is 0.688. The molecule has 5 nitrogen and oxygen atoms in total. The number of nitrogens with two attached hydrogens (primary N) is 1. The van der Waals surface area contributed by atoms with Gasteiger partial charge in [0.05, 0.1) is 0 Å². The fourth-order valence-electron chi connectivity index (χ4n) is 4.63. The molecule has 0 aromatic carbocycles. The number of nitrogens with zero attached hydrogens (tertiary/aromatic N) is 2. The van der Waals surface area contributed by atoms with Crippen molar-refractivity contribution in [3.8, 4) is 0 Å². The second kappa shape index (κ2) is 23.3. The van der Waals surface area contributed by atoms with Crippen molar-refractivity contribution in [1.82, 2.24) is 4.98 Å². The van der Waals surface area contributed by atoms with Crippen LogP contribution in [0.1, 0.15) is 101 Å². The molecule has 0 aliphatic heterocycles. The minimum Gasteiger partial charge on any atom is -0.381 e. The molecule has 2 aromatic rings. The monoisotopic (exact) mass is 512 g/mol. The van der Waals surface area contributed by atoms with Crippen LogP contribution in [0.15, 0.2) is 49.1 Å². The minimum atomic E-state index is 0.810. The molecule has 0 bridgehead atoms. The molecule has 37 heavy (non-hydrogen) atoms. The van der Waals surface area contributed by atoms with Gasteiger partial charge in [-0.1, -0.05) is 51.0 Å². The molecule has 5 heteroatoms. The molecule has 0 saturated carbocycles. The smallest absolute Gasteiger partial charge is 0.171 e. The summed E-state index contributed by atoms with van der Waals surface area (Å²) in [6.07, 6.45) is 27.9. The highest BCUT2D eigenvalue weighted by Gasteiger charge is 2.03. The lowest BCUT2D eigenvalue weighted by atomic mass is 10.1. The predicted molar refractivity (Wildman–Crippen MR) is 154 cm³/mol. The lowest BCUT2D eigenvalue weighted by Gasteiger charge is -2.05. The lowest BCUT2D eigenvalue weighted by Crippen LogP contribution is -2.33. The summed E-state index contributed by atoms with van der Waals surface area (Å²) < 4.78 is 13.9. The highest BCUT2D eigenvalue weighted by molar-refractivity contribution is 5.08. The van der Waals surface area contributed by atoms with Gasteiger partial charge in [-0.3, -0.25) is 4.98 Å². The molecule has 0 radical (unpaired) electrons. The molecule has 0 amide bonds. The summed E-state index contributed by atoms with van der Waals surface area (Å²) in [7, 11) is 0. The third kappa shape index (κ3) is 18.1. The molecule has 0 spiro atoms. The maximum atomic E-state index is 5.79. The van der Waals surface area contributed by atoms with E-state index < -0.39 is 0 Å². The van der Waals surface area contributed by atoms with Crippen molar-refractivity contribution in [3.05, 3.63) is 60.2 Å². The lowest BCUT2D eigenvalue weighted by molar-refractivity contribution is -0.697. The first-order valence-corrected chi connectivity index (χ1v) is 15.1. The number of unbranched alkanes of at least 4 members (excludes halogenated alkanes) is 10. The summed E-state index contributed by atoms with van der Waals surface area (Å²) >= 11 is 0. The fourth-order valence-corrected chi connectivity index (χ4v) is 4.63.